The first-order valence-corrected chi connectivity index (χ1v) is 12.5. The number of carboxylic acid groups (broad SMARTS) is 1. The van der Waals surface area contributed by atoms with Crippen LogP contribution in [0.4, 0.5) is 4.79 Å². The van der Waals surface area contributed by atoms with Crippen molar-refractivity contribution in [1.29, 1.82) is 0 Å². The third-order valence-electron chi connectivity index (χ3n) is 8.09. The zero-order valence-electron chi connectivity index (χ0n) is 20.2. The summed E-state index contributed by atoms with van der Waals surface area (Å²) in [7, 11) is 0. The van der Waals surface area contributed by atoms with Gasteiger partial charge in [-0.3, -0.25) is 9.59 Å². The SMILES string of the molecule is CCN(CC(C)C(=O)O)C(=O)[C@]12C[C@H](NC(=O)OCC3c4ccccc4-c4ccccc43)C[C@H]1C2. The second-order valence-corrected chi connectivity index (χ2v) is 10.2. The molecule has 184 valence electrons. The van der Waals surface area contributed by atoms with Crippen LogP contribution in [0.3, 0.4) is 0 Å². The Hall–Kier alpha value is -3.35. The van der Waals surface area contributed by atoms with Gasteiger partial charge in [0.15, 0.2) is 0 Å². The lowest BCUT2D eigenvalue weighted by atomic mass is 9.98. The van der Waals surface area contributed by atoms with Crippen LogP contribution in [0.5, 0.6) is 0 Å². The zero-order chi connectivity index (χ0) is 24.7. The van der Waals surface area contributed by atoms with Gasteiger partial charge >= 0.3 is 12.1 Å². The van der Waals surface area contributed by atoms with Crippen LogP contribution >= 0.6 is 0 Å². The maximum atomic E-state index is 13.3. The van der Waals surface area contributed by atoms with Crippen molar-refractivity contribution in [2.75, 3.05) is 19.7 Å². The van der Waals surface area contributed by atoms with E-state index in [1.807, 2.05) is 31.2 Å². The fourth-order valence-corrected chi connectivity index (χ4v) is 6.15. The fourth-order valence-electron chi connectivity index (χ4n) is 6.15. The lowest BCUT2D eigenvalue weighted by Gasteiger charge is -2.27. The molecular weight excluding hydrogens is 444 g/mol. The Morgan fingerprint density at radius 2 is 1.71 bits per heavy atom. The second-order valence-electron chi connectivity index (χ2n) is 10.2. The molecule has 0 spiro atoms. The van der Waals surface area contributed by atoms with Gasteiger partial charge in [0.05, 0.1) is 11.3 Å². The molecule has 2 aromatic carbocycles. The Bertz CT molecular complexity index is 1120. The van der Waals surface area contributed by atoms with E-state index in [1.54, 1.807) is 11.8 Å². The highest BCUT2D eigenvalue weighted by Crippen LogP contribution is 2.64. The summed E-state index contributed by atoms with van der Waals surface area (Å²) in [4.78, 5) is 38.9. The molecule has 0 bridgehead atoms. The number of alkyl carbamates (subject to hydrolysis) is 1. The van der Waals surface area contributed by atoms with E-state index in [2.05, 4.69) is 29.6 Å². The molecule has 7 nitrogen and oxygen atoms in total. The average molecular weight is 477 g/mol. The summed E-state index contributed by atoms with van der Waals surface area (Å²) < 4.78 is 5.68. The van der Waals surface area contributed by atoms with E-state index >= 15 is 0 Å². The topological polar surface area (TPSA) is 95.9 Å². The number of amides is 2. The minimum Gasteiger partial charge on any atom is -0.481 e. The Morgan fingerprint density at radius 3 is 2.31 bits per heavy atom. The maximum Gasteiger partial charge on any atom is 0.407 e. The molecule has 35 heavy (non-hydrogen) atoms. The quantitative estimate of drug-likeness (QED) is 0.593. The molecule has 0 saturated heterocycles. The number of benzene rings is 2. The van der Waals surface area contributed by atoms with Gasteiger partial charge in [0.25, 0.3) is 0 Å². The van der Waals surface area contributed by atoms with Crippen molar-refractivity contribution < 1.29 is 24.2 Å². The zero-order valence-corrected chi connectivity index (χ0v) is 20.2. The van der Waals surface area contributed by atoms with E-state index in [4.69, 9.17) is 4.74 Å². The summed E-state index contributed by atoms with van der Waals surface area (Å²) in [6.07, 6.45) is 1.69. The van der Waals surface area contributed by atoms with Gasteiger partial charge in [-0.25, -0.2) is 4.79 Å². The van der Waals surface area contributed by atoms with Gasteiger partial charge in [0.2, 0.25) is 5.91 Å². The van der Waals surface area contributed by atoms with Crippen molar-refractivity contribution in [1.82, 2.24) is 10.2 Å². The van der Waals surface area contributed by atoms with Crippen LogP contribution in [0.25, 0.3) is 11.1 Å². The number of nitrogens with zero attached hydrogens (tertiary/aromatic N) is 1. The first kappa shape index (κ1) is 23.4. The van der Waals surface area contributed by atoms with E-state index in [-0.39, 0.29) is 36.9 Å². The molecule has 1 unspecified atom stereocenters. The molecule has 3 aliphatic carbocycles. The van der Waals surface area contributed by atoms with Crippen molar-refractivity contribution in [2.24, 2.45) is 17.3 Å². The lowest BCUT2D eigenvalue weighted by Crippen LogP contribution is -2.42. The van der Waals surface area contributed by atoms with Crippen LogP contribution in [-0.4, -0.2) is 53.7 Å². The van der Waals surface area contributed by atoms with Crippen LogP contribution in [0.15, 0.2) is 48.5 Å². The Kier molecular flexibility index (Phi) is 6.03. The number of carboxylic acids is 1. The number of hydrogen-bond acceptors (Lipinski definition) is 4. The summed E-state index contributed by atoms with van der Waals surface area (Å²) >= 11 is 0. The summed E-state index contributed by atoms with van der Waals surface area (Å²) in [6, 6.07) is 16.3. The van der Waals surface area contributed by atoms with E-state index < -0.39 is 23.4 Å². The molecule has 2 N–H and O–H groups in total. The molecule has 5 rings (SSSR count). The maximum absolute atomic E-state index is 13.3. The van der Waals surface area contributed by atoms with Crippen LogP contribution in [-0.2, 0) is 14.3 Å². The van der Waals surface area contributed by atoms with Crippen molar-refractivity contribution in [2.45, 2.75) is 45.1 Å². The number of carbonyl (C=O) groups is 3. The summed E-state index contributed by atoms with van der Waals surface area (Å²) in [5, 5.41) is 12.2. The van der Waals surface area contributed by atoms with Crippen molar-refractivity contribution in [3.8, 4) is 11.1 Å². The molecule has 2 fully saturated rings. The van der Waals surface area contributed by atoms with Gasteiger partial charge in [0.1, 0.15) is 6.61 Å². The molecule has 7 heteroatoms. The van der Waals surface area contributed by atoms with Crippen LogP contribution < -0.4 is 5.32 Å². The highest BCUT2D eigenvalue weighted by Gasteiger charge is 2.66. The number of fused-ring (bicyclic) bond motifs is 4. The average Bonchev–Trinajstić information content (AvgIpc) is 3.28. The monoisotopic (exact) mass is 476 g/mol. The Balaban J connectivity index is 1.18. The van der Waals surface area contributed by atoms with Crippen molar-refractivity contribution in [3.63, 3.8) is 0 Å². The molecular formula is C28H32N2O5. The molecule has 0 radical (unpaired) electrons. The molecule has 4 atom stereocenters. The number of hydrogen-bond donors (Lipinski definition) is 2. The van der Waals surface area contributed by atoms with Gasteiger partial charge in [-0.2, -0.15) is 0 Å². The smallest absolute Gasteiger partial charge is 0.407 e. The van der Waals surface area contributed by atoms with E-state index in [0.717, 1.165) is 12.8 Å². The summed E-state index contributed by atoms with van der Waals surface area (Å²) in [5.74, 6) is -1.24. The minimum atomic E-state index is -0.901. The van der Waals surface area contributed by atoms with E-state index in [1.165, 1.54) is 22.3 Å². The predicted octanol–water partition coefficient (Wildman–Crippen LogP) is 4.26. The molecule has 2 saturated carbocycles. The first-order chi connectivity index (χ1) is 16.8. The predicted molar refractivity (Wildman–Crippen MR) is 131 cm³/mol. The Labute approximate surface area is 205 Å². The largest absolute Gasteiger partial charge is 0.481 e. The lowest BCUT2D eigenvalue weighted by molar-refractivity contribution is -0.144. The van der Waals surface area contributed by atoms with Gasteiger partial charge in [-0.15, -0.1) is 0 Å². The van der Waals surface area contributed by atoms with E-state index in [9.17, 15) is 19.5 Å². The van der Waals surface area contributed by atoms with Crippen LogP contribution in [0.2, 0.25) is 0 Å². The third kappa shape index (κ3) is 4.17. The van der Waals surface area contributed by atoms with Crippen molar-refractivity contribution in [3.05, 3.63) is 59.7 Å². The van der Waals surface area contributed by atoms with E-state index in [0.29, 0.717) is 13.0 Å². The molecule has 3 aliphatic rings. The Morgan fingerprint density at radius 1 is 1.09 bits per heavy atom. The number of ether oxygens (including phenoxy) is 1. The molecule has 2 amide bonds. The van der Waals surface area contributed by atoms with Gasteiger partial charge in [-0.05, 0) is 54.4 Å². The summed E-state index contributed by atoms with van der Waals surface area (Å²) in [5.41, 5.74) is 4.25. The number of rotatable bonds is 8. The number of aliphatic carboxylic acids is 1. The molecule has 0 aromatic heterocycles. The van der Waals surface area contributed by atoms with Gasteiger partial charge in [-0.1, -0.05) is 55.5 Å². The van der Waals surface area contributed by atoms with Crippen LogP contribution in [0.1, 0.15) is 50.2 Å². The normalized spacial score (nSPS) is 24.6. The number of carbonyl (C=O) groups excluding carboxylic acids is 2. The van der Waals surface area contributed by atoms with Gasteiger partial charge < -0.3 is 20.1 Å². The molecule has 2 aromatic rings. The molecule has 0 aliphatic heterocycles. The van der Waals surface area contributed by atoms with Crippen LogP contribution in [0, 0.1) is 17.3 Å². The standard InChI is InChI=1S/C28H32N2O5/c1-3-30(15-17(2)25(31)32)26(33)28-13-18(28)12-19(14-28)29-27(34)35-16-24-22-10-6-4-8-20(22)21-9-5-7-11-23(21)24/h4-11,17-19,24H,3,12-16H2,1-2H3,(H,29,34)(H,31,32)/t17?,18-,19+,28+/m0/s1. The third-order valence-corrected chi connectivity index (χ3v) is 8.09. The highest BCUT2D eigenvalue weighted by atomic mass is 16.5. The second kappa shape index (κ2) is 9.02. The summed E-state index contributed by atoms with van der Waals surface area (Å²) in [6.45, 7) is 4.45. The molecule has 0 heterocycles. The first-order valence-electron chi connectivity index (χ1n) is 12.5. The number of nitrogens with one attached hydrogen (secondary N) is 1. The van der Waals surface area contributed by atoms with Crippen molar-refractivity contribution >= 4 is 18.0 Å². The minimum absolute atomic E-state index is 0.00684. The highest BCUT2D eigenvalue weighted by molar-refractivity contribution is 5.87. The fraction of sp³-hybridized carbons (Fsp3) is 0.464. The van der Waals surface area contributed by atoms with Gasteiger partial charge in [0, 0.05) is 25.0 Å².